The van der Waals surface area contributed by atoms with E-state index in [1.807, 2.05) is 17.5 Å². The van der Waals surface area contributed by atoms with E-state index in [9.17, 15) is 13.2 Å². The maximum atomic E-state index is 12.7. The summed E-state index contributed by atoms with van der Waals surface area (Å²) in [5, 5.41) is 4.80. The summed E-state index contributed by atoms with van der Waals surface area (Å²) >= 11 is 1.59. The Hall–Kier alpha value is -2.88. The number of thiophene rings is 1. The fourth-order valence-corrected chi connectivity index (χ4v) is 5.87. The van der Waals surface area contributed by atoms with E-state index in [-0.39, 0.29) is 10.8 Å². The monoisotopic (exact) mass is 484 g/mol. The molecule has 0 atom stereocenters. The standard InChI is InChI=1S/C24H24N2O5S2/c27-23(26-18-7-10-21-22(16-18)31-24(30-21)12-1-2-13-24)17-5-8-20(9-6-17)33(28,29)25-14-11-19-4-3-15-32-19/h3-10,15-16,25H,1-2,11-14H2,(H,26,27). The molecule has 2 heterocycles. The summed E-state index contributed by atoms with van der Waals surface area (Å²) in [6.07, 6.45) is 4.51. The lowest BCUT2D eigenvalue weighted by Gasteiger charge is -2.21. The highest BCUT2D eigenvalue weighted by atomic mass is 32.2. The van der Waals surface area contributed by atoms with Gasteiger partial charge in [-0.1, -0.05) is 6.07 Å². The first kappa shape index (κ1) is 21.9. The zero-order valence-corrected chi connectivity index (χ0v) is 19.5. The Morgan fingerprint density at radius 1 is 1.00 bits per heavy atom. The van der Waals surface area contributed by atoms with Crippen LogP contribution in [0.5, 0.6) is 11.5 Å². The molecule has 2 aliphatic rings. The van der Waals surface area contributed by atoms with Crippen molar-refractivity contribution in [3.8, 4) is 11.5 Å². The maximum absolute atomic E-state index is 12.7. The summed E-state index contributed by atoms with van der Waals surface area (Å²) in [5.74, 6) is 0.434. The molecule has 0 saturated heterocycles. The van der Waals surface area contributed by atoms with Crippen LogP contribution in [0.2, 0.25) is 0 Å². The number of nitrogens with one attached hydrogen (secondary N) is 2. The molecule has 1 aliphatic carbocycles. The molecule has 0 unspecified atom stereocenters. The number of hydrogen-bond donors (Lipinski definition) is 2. The van der Waals surface area contributed by atoms with Crippen molar-refractivity contribution < 1.29 is 22.7 Å². The van der Waals surface area contributed by atoms with Gasteiger partial charge in [0.1, 0.15) is 0 Å². The quantitative estimate of drug-likeness (QED) is 0.513. The van der Waals surface area contributed by atoms with Gasteiger partial charge in [0.15, 0.2) is 11.5 Å². The van der Waals surface area contributed by atoms with E-state index in [1.165, 1.54) is 24.3 Å². The molecular formula is C24H24N2O5S2. The molecule has 172 valence electrons. The van der Waals surface area contributed by atoms with Crippen LogP contribution in [0.1, 0.15) is 40.9 Å². The van der Waals surface area contributed by atoms with E-state index in [1.54, 1.807) is 29.5 Å². The van der Waals surface area contributed by atoms with Crippen molar-refractivity contribution in [2.24, 2.45) is 0 Å². The third-order valence-electron chi connectivity index (χ3n) is 5.83. The summed E-state index contributed by atoms with van der Waals surface area (Å²) in [4.78, 5) is 13.9. The highest BCUT2D eigenvalue weighted by molar-refractivity contribution is 7.89. The highest BCUT2D eigenvalue weighted by Gasteiger charge is 2.44. The fourth-order valence-electron chi connectivity index (χ4n) is 4.12. The van der Waals surface area contributed by atoms with E-state index in [0.29, 0.717) is 35.7 Å². The van der Waals surface area contributed by atoms with Gasteiger partial charge in [-0.2, -0.15) is 0 Å². The SMILES string of the molecule is O=C(Nc1ccc2c(c1)OC1(CCCC1)O2)c1ccc(S(=O)(=O)NCCc2cccs2)cc1. The van der Waals surface area contributed by atoms with Crippen LogP contribution in [0.25, 0.3) is 0 Å². The molecule has 1 aromatic heterocycles. The molecule has 0 bridgehead atoms. The summed E-state index contributed by atoms with van der Waals surface area (Å²) in [7, 11) is -3.64. The zero-order chi connectivity index (χ0) is 22.9. The molecule has 7 nitrogen and oxygen atoms in total. The average molecular weight is 485 g/mol. The van der Waals surface area contributed by atoms with Crippen LogP contribution >= 0.6 is 11.3 Å². The Morgan fingerprint density at radius 2 is 1.76 bits per heavy atom. The minimum Gasteiger partial charge on any atom is -0.448 e. The van der Waals surface area contributed by atoms with Gasteiger partial charge in [-0.3, -0.25) is 4.79 Å². The molecule has 1 amide bonds. The first-order valence-corrected chi connectivity index (χ1v) is 13.2. The Bertz CT molecular complexity index is 1250. The second kappa shape index (κ2) is 8.81. The van der Waals surface area contributed by atoms with Gasteiger partial charge in [-0.05, 0) is 67.1 Å². The van der Waals surface area contributed by atoms with Crippen LogP contribution in [-0.4, -0.2) is 26.7 Å². The Balaban J connectivity index is 1.20. The van der Waals surface area contributed by atoms with Gasteiger partial charge in [-0.15, -0.1) is 11.3 Å². The molecule has 1 aliphatic heterocycles. The number of rotatable bonds is 7. The largest absolute Gasteiger partial charge is 0.448 e. The predicted octanol–water partition coefficient (Wildman–Crippen LogP) is 4.56. The minimum atomic E-state index is -3.64. The molecule has 2 aromatic carbocycles. The number of carbonyl (C=O) groups is 1. The molecule has 1 fully saturated rings. The summed E-state index contributed by atoms with van der Waals surface area (Å²) in [6.45, 7) is 0.316. The van der Waals surface area contributed by atoms with Crippen LogP contribution in [0.4, 0.5) is 5.69 Å². The van der Waals surface area contributed by atoms with Crippen molar-refractivity contribution in [2.45, 2.75) is 42.8 Å². The lowest BCUT2D eigenvalue weighted by atomic mass is 10.2. The predicted molar refractivity (Wildman–Crippen MR) is 127 cm³/mol. The number of ether oxygens (including phenoxy) is 2. The average Bonchev–Trinajstić information content (AvgIpc) is 3.55. The third kappa shape index (κ3) is 4.75. The first-order chi connectivity index (χ1) is 15.9. The molecule has 1 saturated carbocycles. The van der Waals surface area contributed by atoms with Gasteiger partial charge in [0.05, 0.1) is 4.90 Å². The van der Waals surface area contributed by atoms with Gasteiger partial charge in [0, 0.05) is 41.6 Å². The number of hydrogen-bond acceptors (Lipinski definition) is 6. The van der Waals surface area contributed by atoms with E-state index < -0.39 is 15.8 Å². The van der Waals surface area contributed by atoms with Crippen molar-refractivity contribution in [1.82, 2.24) is 4.72 Å². The minimum absolute atomic E-state index is 0.121. The lowest BCUT2D eigenvalue weighted by Crippen LogP contribution is -2.34. The van der Waals surface area contributed by atoms with Crippen molar-refractivity contribution in [2.75, 3.05) is 11.9 Å². The summed E-state index contributed by atoms with van der Waals surface area (Å²) in [5.41, 5.74) is 0.946. The van der Waals surface area contributed by atoms with Gasteiger partial charge in [0.25, 0.3) is 11.7 Å². The zero-order valence-electron chi connectivity index (χ0n) is 17.9. The maximum Gasteiger partial charge on any atom is 0.255 e. The molecule has 0 radical (unpaired) electrons. The number of benzene rings is 2. The number of amides is 1. The molecule has 3 aromatic rings. The highest BCUT2D eigenvalue weighted by Crippen LogP contribution is 2.47. The van der Waals surface area contributed by atoms with Crippen LogP contribution in [0, 0.1) is 0 Å². The van der Waals surface area contributed by atoms with Crippen LogP contribution < -0.4 is 19.5 Å². The second-order valence-electron chi connectivity index (χ2n) is 8.19. The molecule has 9 heteroatoms. The van der Waals surface area contributed by atoms with Crippen LogP contribution in [-0.2, 0) is 16.4 Å². The molecule has 1 spiro atoms. The van der Waals surface area contributed by atoms with Gasteiger partial charge >= 0.3 is 0 Å². The van der Waals surface area contributed by atoms with Gasteiger partial charge in [0.2, 0.25) is 10.0 Å². The molecule has 2 N–H and O–H groups in total. The van der Waals surface area contributed by atoms with Crippen molar-refractivity contribution in [3.05, 3.63) is 70.4 Å². The fraction of sp³-hybridized carbons (Fsp3) is 0.292. The smallest absolute Gasteiger partial charge is 0.255 e. The Labute approximate surface area is 196 Å². The first-order valence-electron chi connectivity index (χ1n) is 10.9. The summed E-state index contributed by atoms with van der Waals surface area (Å²) < 4.78 is 39.7. The van der Waals surface area contributed by atoms with E-state index >= 15 is 0 Å². The molecular weight excluding hydrogens is 460 g/mol. The van der Waals surface area contributed by atoms with Crippen molar-refractivity contribution >= 4 is 33.0 Å². The van der Waals surface area contributed by atoms with Crippen LogP contribution in [0.15, 0.2) is 64.9 Å². The van der Waals surface area contributed by atoms with E-state index in [2.05, 4.69) is 10.0 Å². The summed E-state index contributed by atoms with van der Waals surface area (Å²) in [6, 6.07) is 15.1. The van der Waals surface area contributed by atoms with Crippen LogP contribution in [0.3, 0.4) is 0 Å². The number of anilines is 1. The number of sulfonamides is 1. The Morgan fingerprint density at radius 3 is 2.48 bits per heavy atom. The van der Waals surface area contributed by atoms with E-state index in [4.69, 9.17) is 9.47 Å². The van der Waals surface area contributed by atoms with Crippen molar-refractivity contribution in [1.29, 1.82) is 0 Å². The lowest BCUT2D eigenvalue weighted by molar-refractivity contribution is -0.0716. The topological polar surface area (TPSA) is 93.7 Å². The Kier molecular flexibility index (Phi) is 5.86. The number of carbonyl (C=O) groups excluding carboxylic acids is 1. The second-order valence-corrected chi connectivity index (χ2v) is 11.0. The number of fused-ring (bicyclic) bond motifs is 1. The van der Waals surface area contributed by atoms with Crippen molar-refractivity contribution in [3.63, 3.8) is 0 Å². The van der Waals surface area contributed by atoms with Gasteiger partial charge in [-0.25, -0.2) is 13.1 Å². The molecule has 33 heavy (non-hydrogen) atoms. The molecule has 5 rings (SSSR count). The van der Waals surface area contributed by atoms with E-state index in [0.717, 1.165) is 30.6 Å². The third-order valence-corrected chi connectivity index (χ3v) is 8.24. The van der Waals surface area contributed by atoms with Gasteiger partial charge < -0.3 is 14.8 Å². The normalized spacial score (nSPS) is 16.2.